The molecule has 22 heavy (non-hydrogen) atoms. The maximum atomic E-state index is 13.8. The van der Waals surface area contributed by atoms with Gasteiger partial charge in [0.2, 0.25) is 0 Å². The van der Waals surface area contributed by atoms with Gasteiger partial charge in [0.05, 0.1) is 0 Å². The van der Waals surface area contributed by atoms with E-state index in [1.165, 1.54) is 12.1 Å². The van der Waals surface area contributed by atoms with E-state index >= 15 is 0 Å². The minimum atomic E-state index is -3.00. The quantitative estimate of drug-likeness (QED) is 0.479. The van der Waals surface area contributed by atoms with E-state index in [-0.39, 0.29) is 24.6 Å². The maximum absolute atomic E-state index is 13.8. The molecule has 0 aliphatic rings. The Balaban J connectivity index is 0.00000176. The average molecular weight is 300 g/mol. The number of rotatable bonds is 3. The van der Waals surface area contributed by atoms with Gasteiger partial charge in [0.15, 0.2) is 7.14 Å². The van der Waals surface area contributed by atoms with Crippen LogP contribution in [0.15, 0.2) is 84.9 Å². The molecule has 0 saturated carbocycles. The first-order chi connectivity index (χ1) is 10.2. The fourth-order valence-electron chi connectivity index (χ4n) is 2.40. The maximum Gasteiger partial charge on any atom is 1.00 e. The molecule has 3 aromatic rings. The van der Waals surface area contributed by atoms with Gasteiger partial charge in [0.1, 0.15) is 0 Å². The second-order valence-electron chi connectivity index (χ2n) is 4.78. The fourth-order valence-corrected chi connectivity index (χ4v) is 5.09. The van der Waals surface area contributed by atoms with Gasteiger partial charge in [-0.05, 0) is 0 Å². The average Bonchev–Trinajstić information content (AvgIpc) is 2.56. The van der Waals surface area contributed by atoms with Crippen molar-refractivity contribution >= 4 is 23.1 Å². The SMILES string of the molecule is O=P(c1ccccc1)(c1ccccc1)c1cccc([O-])c1.[Li+]. The van der Waals surface area contributed by atoms with Crippen molar-refractivity contribution in [2.24, 2.45) is 0 Å². The summed E-state index contributed by atoms with van der Waals surface area (Å²) in [5, 5.41) is 13.7. The second-order valence-corrected chi connectivity index (χ2v) is 7.55. The third-order valence-electron chi connectivity index (χ3n) is 3.42. The summed E-state index contributed by atoms with van der Waals surface area (Å²) in [4.78, 5) is 0. The van der Waals surface area contributed by atoms with Gasteiger partial charge in [0, 0.05) is 15.9 Å². The third kappa shape index (κ3) is 3.06. The molecule has 2 nitrogen and oxygen atoms in total. The first kappa shape index (κ1) is 16.7. The summed E-state index contributed by atoms with van der Waals surface area (Å²) in [7, 11) is -3.00. The van der Waals surface area contributed by atoms with E-state index in [4.69, 9.17) is 0 Å². The predicted molar refractivity (Wildman–Crippen MR) is 85.3 cm³/mol. The summed E-state index contributed by atoms with van der Waals surface area (Å²) >= 11 is 0. The van der Waals surface area contributed by atoms with Gasteiger partial charge in [-0.3, -0.25) is 0 Å². The van der Waals surface area contributed by atoms with E-state index < -0.39 is 7.14 Å². The molecule has 0 aliphatic heterocycles. The van der Waals surface area contributed by atoms with Crippen molar-refractivity contribution in [1.82, 2.24) is 0 Å². The normalized spacial score (nSPS) is 10.7. The molecule has 4 heteroatoms. The van der Waals surface area contributed by atoms with Crippen LogP contribution in [-0.2, 0) is 4.57 Å². The molecule has 0 N–H and O–H groups in total. The molecule has 0 aromatic heterocycles. The van der Waals surface area contributed by atoms with Gasteiger partial charge in [-0.2, -0.15) is 0 Å². The molecule has 3 rings (SSSR count). The smallest absolute Gasteiger partial charge is 0.872 e. The molecule has 0 fully saturated rings. The molecule has 3 aromatic carbocycles. The molecule has 0 aliphatic carbocycles. The molecule has 0 amide bonds. The minimum Gasteiger partial charge on any atom is -0.872 e. The molecule has 0 heterocycles. The molecular formula is C18H14LiO2P. The van der Waals surface area contributed by atoms with Gasteiger partial charge >= 0.3 is 18.9 Å². The van der Waals surface area contributed by atoms with Crippen molar-refractivity contribution in [2.75, 3.05) is 0 Å². The molecule has 0 bridgehead atoms. The van der Waals surface area contributed by atoms with Crippen LogP contribution < -0.4 is 39.9 Å². The predicted octanol–water partition coefficient (Wildman–Crippen LogP) is -0.596. The van der Waals surface area contributed by atoms with Crippen LogP contribution in [0.1, 0.15) is 0 Å². The first-order valence-corrected chi connectivity index (χ1v) is 8.41. The molecule has 0 spiro atoms. The minimum absolute atomic E-state index is 0. The summed E-state index contributed by atoms with van der Waals surface area (Å²) in [6.07, 6.45) is 0. The summed E-state index contributed by atoms with van der Waals surface area (Å²) in [6, 6.07) is 25.0. The zero-order valence-corrected chi connectivity index (χ0v) is 13.2. The van der Waals surface area contributed by atoms with Gasteiger partial charge < -0.3 is 9.67 Å². The summed E-state index contributed by atoms with van der Waals surface area (Å²) in [5.41, 5.74) is 0. The number of hydrogen-bond acceptors (Lipinski definition) is 2. The van der Waals surface area contributed by atoms with E-state index in [1.54, 1.807) is 12.1 Å². The van der Waals surface area contributed by atoms with Crippen molar-refractivity contribution < 1.29 is 28.5 Å². The summed E-state index contributed by atoms with van der Waals surface area (Å²) < 4.78 is 13.8. The summed E-state index contributed by atoms with van der Waals surface area (Å²) in [6.45, 7) is 0. The van der Waals surface area contributed by atoms with Crippen LogP contribution >= 0.6 is 7.14 Å². The molecule has 0 unspecified atom stereocenters. The van der Waals surface area contributed by atoms with E-state index in [2.05, 4.69) is 0 Å². The van der Waals surface area contributed by atoms with Crippen molar-refractivity contribution in [1.29, 1.82) is 0 Å². The van der Waals surface area contributed by atoms with E-state index in [0.717, 1.165) is 10.6 Å². The van der Waals surface area contributed by atoms with Crippen molar-refractivity contribution in [3.05, 3.63) is 84.9 Å². The molecule has 0 atom stereocenters. The van der Waals surface area contributed by atoms with Gasteiger partial charge in [-0.1, -0.05) is 84.9 Å². The standard InChI is InChI=1S/C18H15O2P.Li/c19-15-8-7-13-18(14-15)21(20,16-9-3-1-4-10-16)17-11-5-2-6-12-17;/h1-14,19H;/q;+1/p-1. The van der Waals surface area contributed by atoms with Crippen LogP contribution in [0.5, 0.6) is 5.75 Å². The Morgan fingerprint density at radius 3 is 1.55 bits per heavy atom. The van der Waals surface area contributed by atoms with Crippen LogP contribution in [0.25, 0.3) is 0 Å². The summed E-state index contributed by atoms with van der Waals surface area (Å²) in [5.74, 6) is -0.125. The van der Waals surface area contributed by atoms with E-state index in [0.29, 0.717) is 5.30 Å². The molecule has 0 saturated heterocycles. The Kier molecular flexibility index (Phi) is 5.32. The van der Waals surface area contributed by atoms with Gasteiger partial charge in [-0.25, -0.2) is 0 Å². The van der Waals surface area contributed by atoms with Crippen LogP contribution in [0.2, 0.25) is 0 Å². The Hall–Kier alpha value is -1.71. The zero-order chi connectivity index (χ0) is 14.7. The topological polar surface area (TPSA) is 40.1 Å². The fraction of sp³-hybridized carbons (Fsp3) is 0. The van der Waals surface area contributed by atoms with Crippen molar-refractivity contribution in [3.8, 4) is 5.75 Å². The molecule has 0 radical (unpaired) electrons. The second kappa shape index (κ2) is 7.03. The largest absolute Gasteiger partial charge is 1.00 e. The first-order valence-electron chi connectivity index (χ1n) is 6.70. The van der Waals surface area contributed by atoms with Crippen LogP contribution in [0.3, 0.4) is 0 Å². The Morgan fingerprint density at radius 1 is 0.636 bits per heavy atom. The monoisotopic (exact) mass is 300 g/mol. The Morgan fingerprint density at radius 2 is 1.09 bits per heavy atom. The van der Waals surface area contributed by atoms with E-state index in [9.17, 15) is 9.67 Å². The van der Waals surface area contributed by atoms with Crippen molar-refractivity contribution in [2.45, 2.75) is 0 Å². The molecular weight excluding hydrogens is 286 g/mol. The Bertz CT molecular complexity index is 745. The van der Waals surface area contributed by atoms with Crippen LogP contribution in [-0.4, -0.2) is 0 Å². The van der Waals surface area contributed by atoms with Gasteiger partial charge in [-0.15, -0.1) is 5.75 Å². The van der Waals surface area contributed by atoms with Gasteiger partial charge in [0.25, 0.3) is 0 Å². The zero-order valence-electron chi connectivity index (χ0n) is 12.3. The van der Waals surface area contributed by atoms with Crippen LogP contribution in [0.4, 0.5) is 0 Å². The van der Waals surface area contributed by atoms with Crippen molar-refractivity contribution in [3.63, 3.8) is 0 Å². The third-order valence-corrected chi connectivity index (χ3v) is 6.48. The Labute approximate surface area is 142 Å². The van der Waals surface area contributed by atoms with E-state index in [1.807, 2.05) is 60.7 Å². The molecule has 104 valence electrons. The number of benzene rings is 3. The van der Waals surface area contributed by atoms with Crippen LogP contribution in [0, 0.1) is 0 Å². The number of hydrogen-bond donors (Lipinski definition) is 0.